The van der Waals surface area contributed by atoms with Crippen molar-refractivity contribution in [3.8, 4) is 0 Å². The summed E-state index contributed by atoms with van der Waals surface area (Å²) < 4.78 is 11.0. The van der Waals surface area contributed by atoms with E-state index >= 15 is 0 Å². The molecular weight excluding hydrogens is 574 g/mol. The van der Waals surface area contributed by atoms with Gasteiger partial charge in [-0.1, -0.05) is 36.4 Å². The highest BCUT2D eigenvalue weighted by atomic mass is 16.6. The number of nitrogens with two attached hydrogens (primary N) is 1. The molecular formula is C33H43N7O5. The molecule has 240 valence electrons. The van der Waals surface area contributed by atoms with Crippen LogP contribution in [0.2, 0.25) is 0 Å². The lowest BCUT2D eigenvalue weighted by molar-refractivity contribution is -0.171. The van der Waals surface area contributed by atoms with E-state index in [4.69, 9.17) is 20.2 Å². The van der Waals surface area contributed by atoms with E-state index in [1.165, 1.54) is 11.9 Å². The Labute approximate surface area is 263 Å². The molecule has 2 aliphatic rings. The van der Waals surface area contributed by atoms with Gasteiger partial charge in [-0.05, 0) is 63.6 Å². The number of nitrogens with one attached hydrogen (secondary N) is 2. The molecule has 0 spiro atoms. The maximum absolute atomic E-state index is 13.3. The summed E-state index contributed by atoms with van der Waals surface area (Å²) in [6, 6.07) is 13.4. The van der Waals surface area contributed by atoms with Gasteiger partial charge in [0, 0.05) is 31.2 Å². The second-order valence-corrected chi connectivity index (χ2v) is 12.6. The van der Waals surface area contributed by atoms with Gasteiger partial charge in [0.15, 0.2) is 0 Å². The zero-order chi connectivity index (χ0) is 32.0. The summed E-state index contributed by atoms with van der Waals surface area (Å²) in [6.07, 6.45) is 5.32. The number of benzene rings is 1. The molecule has 0 bridgehead atoms. The number of carbonyl (C=O) groups excluding carboxylic acids is 2. The van der Waals surface area contributed by atoms with Gasteiger partial charge in [0.25, 0.3) is 0 Å². The van der Waals surface area contributed by atoms with Crippen molar-refractivity contribution in [2.75, 3.05) is 41.7 Å². The molecule has 1 aromatic carbocycles. The normalized spacial score (nSPS) is 16.6. The smallest absolute Gasteiger partial charge is 0.340 e. The number of aliphatic hydroxyl groups excluding tert-OH is 1. The van der Waals surface area contributed by atoms with Crippen molar-refractivity contribution in [1.82, 2.24) is 15.0 Å². The Balaban J connectivity index is 1.29. The molecule has 1 unspecified atom stereocenters. The van der Waals surface area contributed by atoms with Gasteiger partial charge in [-0.25, -0.2) is 24.5 Å². The van der Waals surface area contributed by atoms with Crippen LogP contribution in [-0.4, -0.2) is 69.3 Å². The van der Waals surface area contributed by atoms with Crippen LogP contribution in [0.1, 0.15) is 68.3 Å². The van der Waals surface area contributed by atoms with Gasteiger partial charge in [0.1, 0.15) is 36.0 Å². The number of fused-ring (bicyclic) bond motifs is 1. The van der Waals surface area contributed by atoms with E-state index in [1.54, 1.807) is 32.9 Å². The van der Waals surface area contributed by atoms with Gasteiger partial charge in [0.2, 0.25) is 5.54 Å². The predicted molar refractivity (Wildman–Crippen MR) is 171 cm³/mol. The Morgan fingerprint density at radius 2 is 1.84 bits per heavy atom. The third kappa shape index (κ3) is 7.69. The third-order valence-corrected chi connectivity index (χ3v) is 8.08. The molecule has 0 radical (unpaired) electrons. The predicted octanol–water partition coefficient (Wildman–Crippen LogP) is 3.30. The largest absolute Gasteiger partial charge is 0.459 e. The van der Waals surface area contributed by atoms with E-state index in [-0.39, 0.29) is 25.6 Å². The molecule has 4 heterocycles. The molecule has 2 aromatic heterocycles. The summed E-state index contributed by atoms with van der Waals surface area (Å²) in [5, 5.41) is 16.8. The van der Waals surface area contributed by atoms with Gasteiger partial charge >= 0.3 is 11.9 Å². The van der Waals surface area contributed by atoms with Crippen LogP contribution in [0, 0.1) is 0 Å². The Morgan fingerprint density at radius 3 is 2.56 bits per heavy atom. The first-order chi connectivity index (χ1) is 21.6. The monoisotopic (exact) mass is 617 g/mol. The zero-order valence-corrected chi connectivity index (χ0v) is 26.2. The number of ether oxygens (including phenoxy) is 2. The fraction of sp³-hybridized carbons (Fsp3) is 0.485. The van der Waals surface area contributed by atoms with Crippen LogP contribution >= 0.6 is 0 Å². The van der Waals surface area contributed by atoms with Crippen LogP contribution in [0.15, 0.2) is 48.8 Å². The molecule has 1 saturated heterocycles. The SMILES string of the molecule is CC(C)(C)OC(=O)C(N)(CNc1ncnc(N2CCC(c3ccc4c(n3)NCCC4)CC2)c1CO)C(=O)OCc1ccccc1. The second-order valence-electron chi connectivity index (χ2n) is 12.6. The number of aromatic nitrogens is 3. The van der Waals surface area contributed by atoms with Crippen molar-refractivity contribution in [3.63, 3.8) is 0 Å². The van der Waals surface area contributed by atoms with Crippen molar-refractivity contribution in [3.05, 3.63) is 71.2 Å². The van der Waals surface area contributed by atoms with Crippen LogP contribution in [-0.2, 0) is 38.7 Å². The summed E-state index contributed by atoms with van der Waals surface area (Å²) in [5.74, 6) is 0.290. The lowest BCUT2D eigenvalue weighted by atomic mass is 9.92. The van der Waals surface area contributed by atoms with E-state index < -0.39 is 23.1 Å². The summed E-state index contributed by atoms with van der Waals surface area (Å²) in [4.78, 5) is 42.4. The topological polar surface area (TPSA) is 165 Å². The fourth-order valence-corrected chi connectivity index (χ4v) is 5.60. The molecule has 1 atom stereocenters. The number of piperidine rings is 1. The number of rotatable bonds is 10. The molecule has 0 saturated carbocycles. The zero-order valence-electron chi connectivity index (χ0n) is 26.2. The Bertz CT molecular complexity index is 1490. The highest BCUT2D eigenvalue weighted by molar-refractivity contribution is 6.05. The molecule has 12 heteroatoms. The van der Waals surface area contributed by atoms with E-state index in [2.05, 4.69) is 37.6 Å². The molecule has 12 nitrogen and oxygen atoms in total. The number of pyridine rings is 1. The number of hydrogen-bond donors (Lipinski definition) is 4. The number of aryl methyl sites for hydroxylation is 1. The number of esters is 2. The van der Waals surface area contributed by atoms with E-state index in [9.17, 15) is 14.7 Å². The number of anilines is 3. The first-order valence-electron chi connectivity index (χ1n) is 15.5. The second kappa shape index (κ2) is 13.8. The average molecular weight is 618 g/mol. The lowest BCUT2D eigenvalue weighted by Crippen LogP contribution is -2.62. The minimum absolute atomic E-state index is 0.0611. The first-order valence-corrected chi connectivity index (χ1v) is 15.5. The van der Waals surface area contributed by atoms with E-state index in [1.807, 2.05) is 18.2 Å². The van der Waals surface area contributed by atoms with Crippen molar-refractivity contribution in [1.29, 1.82) is 0 Å². The molecule has 3 aromatic rings. The first kappa shape index (κ1) is 32.1. The summed E-state index contributed by atoms with van der Waals surface area (Å²) >= 11 is 0. The Morgan fingerprint density at radius 1 is 1.09 bits per heavy atom. The fourth-order valence-electron chi connectivity index (χ4n) is 5.60. The van der Waals surface area contributed by atoms with E-state index in [0.29, 0.717) is 30.4 Å². The van der Waals surface area contributed by atoms with Gasteiger partial charge in [0.05, 0.1) is 18.7 Å². The van der Waals surface area contributed by atoms with Crippen molar-refractivity contribution in [2.24, 2.45) is 5.73 Å². The van der Waals surface area contributed by atoms with Gasteiger partial charge in [-0.3, -0.25) is 0 Å². The van der Waals surface area contributed by atoms with Crippen molar-refractivity contribution in [2.45, 2.75) is 76.7 Å². The maximum atomic E-state index is 13.3. The van der Waals surface area contributed by atoms with Crippen LogP contribution in [0.25, 0.3) is 0 Å². The van der Waals surface area contributed by atoms with Gasteiger partial charge < -0.3 is 35.8 Å². The van der Waals surface area contributed by atoms with Crippen LogP contribution in [0.5, 0.6) is 0 Å². The standard InChI is InChI=1S/C33H43N7O5/c1-32(2,3)45-31(43)33(34,30(42)44-19-22-8-5-4-6-9-22)20-36-28-25(18-41)29(38-21-37-28)40-16-13-23(14-17-40)26-12-11-24-10-7-15-35-27(24)39-26/h4-6,8-9,11-12,21,23,41H,7,10,13-20,34H2,1-3H3,(H,35,39)(H,36,37,38). The Hall–Kier alpha value is -4.29. The van der Waals surface area contributed by atoms with E-state index in [0.717, 1.165) is 49.3 Å². The summed E-state index contributed by atoms with van der Waals surface area (Å²) in [6.45, 7) is 6.65. The Kier molecular flexibility index (Phi) is 9.83. The molecule has 45 heavy (non-hydrogen) atoms. The highest BCUT2D eigenvalue weighted by Crippen LogP contribution is 2.33. The lowest BCUT2D eigenvalue weighted by Gasteiger charge is -2.34. The molecule has 2 aliphatic heterocycles. The molecule has 0 amide bonds. The minimum Gasteiger partial charge on any atom is -0.459 e. The summed E-state index contributed by atoms with van der Waals surface area (Å²) in [5.41, 5.74) is 6.93. The number of aliphatic hydroxyl groups is 1. The molecule has 5 N–H and O–H groups in total. The van der Waals surface area contributed by atoms with Crippen LogP contribution < -0.4 is 21.3 Å². The molecule has 5 rings (SSSR count). The summed E-state index contributed by atoms with van der Waals surface area (Å²) in [7, 11) is 0. The quantitative estimate of drug-likeness (QED) is 0.194. The molecule has 1 fully saturated rings. The number of nitrogens with zero attached hydrogens (tertiary/aromatic N) is 4. The maximum Gasteiger partial charge on any atom is 0.340 e. The van der Waals surface area contributed by atoms with Crippen LogP contribution in [0.3, 0.4) is 0 Å². The van der Waals surface area contributed by atoms with Crippen molar-refractivity contribution < 1.29 is 24.2 Å². The van der Waals surface area contributed by atoms with Gasteiger partial charge in [-0.15, -0.1) is 0 Å². The van der Waals surface area contributed by atoms with Crippen LogP contribution in [0.4, 0.5) is 17.5 Å². The minimum atomic E-state index is -2.19. The number of hydrogen-bond acceptors (Lipinski definition) is 12. The van der Waals surface area contributed by atoms with Gasteiger partial charge in [-0.2, -0.15) is 0 Å². The average Bonchev–Trinajstić information content (AvgIpc) is 3.05. The highest BCUT2D eigenvalue weighted by Gasteiger charge is 2.47. The molecule has 0 aliphatic carbocycles. The van der Waals surface area contributed by atoms with Crippen molar-refractivity contribution >= 4 is 29.4 Å². The third-order valence-electron chi connectivity index (χ3n) is 8.08. The number of carbonyl (C=O) groups is 2.